The molecule has 142 valence electrons. The van der Waals surface area contributed by atoms with Gasteiger partial charge in [0.05, 0.1) is 5.69 Å². The first-order valence-electron chi connectivity index (χ1n) is 8.72. The average molecular weight is 432 g/mol. The Kier molecular flexibility index (Phi) is 6.28. The molecule has 1 amide bonds. The summed E-state index contributed by atoms with van der Waals surface area (Å²) in [5.41, 5.74) is 2.51. The van der Waals surface area contributed by atoms with Gasteiger partial charge in [-0.15, -0.1) is 0 Å². The zero-order valence-electron chi connectivity index (χ0n) is 15.4. The molecule has 8 heteroatoms. The van der Waals surface area contributed by atoms with Gasteiger partial charge in [0.2, 0.25) is 0 Å². The molecule has 0 aliphatic carbocycles. The Morgan fingerprint density at radius 3 is 2.67 bits per heavy atom. The smallest absolute Gasteiger partial charge is 0.271 e. The van der Waals surface area contributed by atoms with Crippen LogP contribution < -0.4 is 10.1 Å². The SMILES string of the molecule is Cc1cc(C)n(CCCNC(=O)c2ccn(COc3ccc(Br)cc3)n2)n1. The van der Waals surface area contributed by atoms with Crippen molar-refractivity contribution >= 4 is 21.8 Å². The summed E-state index contributed by atoms with van der Waals surface area (Å²) in [7, 11) is 0. The molecule has 7 nitrogen and oxygen atoms in total. The first-order valence-corrected chi connectivity index (χ1v) is 9.51. The van der Waals surface area contributed by atoms with Crippen molar-refractivity contribution in [2.75, 3.05) is 6.54 Å². The van der Waals surface area contributed by atoms with E-state index in [9.17, 15) is 4.79 Å². The molecular weight excluding hydrogens is 410 g/mol. The topological polar surface area (TPSA) is 74.0 Å². The molecule has 2 aromatic heterocycles. The van der Waals surface area contributed by atoms with Crippen LogP contribution in [0.15, 0.2) is 47.1 Å². The lowest BCUT2D eigenvalue weighted by Crippen LogP contribution is -2.26. The van der Waals surface area contributed by atoms with Gasteiger partial charge in [-0.05, 0) is 56.7 Å². The van der Waals surface area contributed by atoms with E-state index in [0.717, 1.165) is 34.6 Å². The minimum Gasteiger partial charge on any atom is -0.471 e. The number of halogens is 1. The molecule has 1 N–H and O–H groups in total. The number of nitrogens with zero attached hydrogens (tertiary/aromatic N) is 4. The summed E-state index contributed by atoms with van der Waals surface area (Å²) in [6, 6.07) is 11.3. The quantitative estimate of drug-likeness (QED) is 0.555. The minimum absolute atomic E-state index is 0.189. The molecule has 0 fully saturated rings. The largest absolute Gasteiger partial charge is 0.471 e. The predicted octanol–water partition coefficient (Wildman–Crippen LogP) is 3.32. The van der Waals surface area contributed by atoms with Gasteiger partial charge in [0.15, 0.2) is 6.73 Å². The second-order valence-electron chi connectivity index (χ2n) is 6.23. The highest BCUT2D eigenvalue weighted by atomic mass is 79.9. The summed E-state index contributed by atoms with van der Waals surface area (Å²) in [6.45, 7) is 5.59. The summed E-state index contributed by atoms with van der Waals surface area (Å²) in [6.07, 6.45) is 2.53. The highest BCUT2D eigenvalue weighted by molar-refractivity contribution is 9.10. The molecule has 3 rings (SSSR count). The van der Waals surface area contributed by atoms with Crippen LogP contribution >= 0.6 is 15.9 Å². The highest BCUT2D eigenvalue weighted by Crippen LogP contribution is 2.16. The Labute approximate surface area is 166 Å². The Hall–Kier alpha value is -2.61. The highest BCUT2D eigenvalue weighted by Gasteiger charge is 2.09. The number of aryl methyl sites for hydroxylation is 3. The standard InChI is InChI=1S/C19H22BrN5O2/c1-14-12-15(2)25(22-14)10-3-9-21-19(26)18-8-11-24(23-18)13-27-17-6-4-16(20)5-7-17/h4-8,11-12H,3,9-10,13H2,1-2H3,(H,21,26). The number of aromatic nitrogens is 4. The number of carbonyl (C=O) groups excluding carboxylic acids is 1. The number of hydrogen-bond donors (Lipinski definition) is 1. The van der Waals surface area contributed by atoms with Crippen molar-refractivity contribution in [3.63, 3.8) is 0 Å². The van der Waals surface area contributed by atoms with E-state index >= 15 is 0 Å². The molecule has 3 aromatic rings. The maximum atomic E-state index is 12.2. The van der Waals surface area contributed by atoms with Gasteiger partial charge in [-0.3, -0.25) is 9.48 Å². The van der Waals surface area contributed by atoms with Gasteiger partial charge in [0.25, 0.3) is 5.91 Å². The maximum absolute atomic E-state index is 12.2. The van der Waals surface area contributed by atoms with E-state index in [-0.39, 0.29) is 12.6 Å². The lowest BCUT2D eigenvalue weighted by molar-refractivity contribution is 0.0945. The van der Waals surface area contributed by atoms with Crippen LogP contribution in [0.2, 0.25) is 0 Å². The molecule has 0 bridgehead atoms. The van der Waals surface area contributed by atoms with Crippen molar-refractivity contribution in [1.29, 1.82) is 0 Å². The molecule has 0 saturated heterocycles. The zero-order chi connectivity index (χ0) is 19.2. The Morgan fingerprint density at radius 1 is 1.19 bits per heavy atom. The van der Waals surface area contributed by atoms with E-state index in [4.69, 9.17) is 4.74 Å². The van der Waals surface area contributed by atoms with E-state index < -0.39 is 0 Å². The Morgan fingerprint density at radius 2 is 1.96 bits per heavy atom. The van der Waals surface area contributed by atoms with Crippen molar-refractivity contribution in [3.05, 3.63) is 64.1 Å². The van der Waals surface area contributed by atoms with Crippen molar-refractivity contribution in [2.24, 2.45) is 0 Å². The summed E-state index contributed by atoms with van der Waals surface area (Å²) >= 11 is 3.38. The second-order valence-corrected chi connectivity index (χ2v) is 7.14. The van der Waals surface area contributed by atoms with Gasteiger partial charge in [-0.2, -0.15) is 10.2 Å². The zero-order valence-corrected chi connectivity index (χ0v) is 16.9. The molecule has 0 radical (unpaired) electrons. The van der Waals surface area contributed by atoms with Gasteiger partial charge in [0.1, 0.15) is 11.4 Å². The van der Waals surface area contributed by atoms with Crippen LogP contribution in [0.5, 0.6) is 5.75 Å². The molecule has 27 heavy (non-hydrogen) atoms. The third kappa shape index (κ3) is 5.43. The fourth-order valence-electron chi connectivity index (χ4n) is 2.65. The molecule has 1 aromatic carbocycles. The van der Waals surface area contributed by atoms with Gasteiger partial charge < -0.3 is 10.1 Å². The first kappa shape index (κ1) is 19.2. The van der Waals surface area contributed by atoms with Gasteiger partial charge >= 0.3 is 0 Å². The summed E-state index contributed by atoms with van der Waals surface area (Å²) in [5.74, 6) is 0.551. The number of amides is 1. The number of ether oxygens (including phenoxy) is 1. The summed E-state index contributed by atoms with van der Waals surface area (Å²) in [4.78, 5) is 12.2. The fourth-order valence-corrected chi connectivity index (χ4v) is 2.91. The van der Waals surface area contributed by atoms with Crippen molar-refractivity contribution in [3.8, 4) is 5.75 Å². The van der Waals surface area contributed by atoms with Crippen LogP contribution in [-0.2, 0) is 13.3 Å². The van der Waals surface area contributed by atoms with Gasteiger partial charge in [-0.1, -0.05) is 15.9 Å². The van der Waals surface area contributed by atoms with E-state index in [2.05, 4.69) is 31.4 Å². The monoisotopic (exact) mass is 431 g/mol. The van der Waals surface area contributed by atoms with Gasteiger partial charge in [0, 0.05) is 29.5 Å². The first-order chi connectivity index (χ1) is 13.0. The molecule has 0 saturated carbocycles. The van der Waals surface area contributed by atoms with Crippen LogP contribution in [0, 0.1) is 13.8 Å². The predicted molar refractivity (Wildman–Crippen MR) is 106 cm³/mol. The fraction of sp³-hybridized carbons (Fsp3) is 0.316. The number of rotatable bonds is 8. The van der Waals surface area contributed by atoms with E-state index in [1.54, 1.807) is 16.9 Å². The Bertz CT molecular complexity index is 901. The van der Waals surface area contributed by atoms with Crippen LogP contribution in [0.1, 0.15) is 28.3 Å². The number of benzene rings is 1. The molecular formula is C19H22BrN5O2. The second kappa shape index (κ2) is 8.85. The van der Waals surface area contributed by atoms with Crippen molar-refractivity contribution in [1.82, 2.24) is 24.9 Å². The van der Waals surface area contributed by atoms with E-state index in [0.29, 0.717) is 12.2 Å². The summed E-state index contributed by atoms with van der Waals surface area (Å²) < 4.78 is 10.2. The minimum atomic E-state index is -0.189. The number of carbonyl (C=O) groups is 1. The Balaban J connectivity index is 1.42. The lowest BCUT2D eigenvalue weighted by atomic mass is 10.3. The average Bonchev–Trinajstić information content (AvgIpc) is 3.24. The third-order valence-corrected chi connectivity index (χ3v) is 4.51. The van der Waals surface area contributed by atoms with E-state index in [1.165, 1.54) is 0 Å². The van der Waals surface area contributed by atoms with Crippen LogP contribution in [-0.4, -0.2) is 32.0 Å². The van der Waals surface area contributed by atoms with E-state index in [1.807, 2.05) is 48.9 Å². The third-order valence-electron chi connectivity index (χ3n) is 3.99. The lowest BCUT2D eigenvalue weighted by Gasteiger charge is -2.06. The van der Waals surface area contributed by atoms with Crippen LogP contribution in [0.4, 0.5) is 0 Å². The van der Waals surface area contributed by atoms with Gasteiger partial charge in [-0.25, -0.2) is 4.68 Å². The van der Waals surface area contributed by atoms with Crippen LogP contribution in [0.3, 0.4) is 0 Å². The number of nitrogens with one attached hydrogen (secondary N) is 1. The summed E-state index contributed by atoms with van der Waals surface area (Å²) in [5, 5.41) is 11.5. The molecule has 0 aliphatic heterocycles. The molecule has 0 spiro atoms. The molecule has 0 aliphatic rings. The van der Waals surface area contributed by atoms with Crippen molar-refractivity contribution in [2.45, 2.75) is 33.5 Å². The molecule has 0 unspecified atom stereocenters. The van der Waals surface area contributed by atoms with Crippen molar-refractivity contribution < 1.29 is 9.53 Å². The maximum Gasteiger partial charge on any atom is 0.271 e. The molecule has 2 heterocycles. The molecule has 0 atom stereocenters. The van der Waals surface area contributed by atoms with Crippen LogP contribution in [0.25, 0.3) is 0 Å². The normalized spacial score (nSPS) is 10.8. The number of hydrogen-bond acceptors (Lipinski definition) is 4.